The quantitative estimate of drug-likeness (QED) is 0.675. The molecule has 0 N–H and O–H groups in total. The van der Waals surface area contributed by atoms with Gasteiger partial charge in [-0.05, 0) is 18.9 Å². The normalized spacial score (nSPS) is 26.0. The lowest BCUT2D eigenvalue weighted by Gasteiger charge is -2.18. The lowest BCUT2D eigenvalue weighted by molar-refractivity contribution is 0.186. The highest BCUT2D eigenvalue weighted by Gasteiger charge is 2.36. The smallest absolute Gasteiger partial charge is 0.108 e. The van der Waals surface area contributed by atoms with Gasteiger partial charge in [0.1, 0.15) is 5.41 Å². The van der Waals surface area contributed by atoms with Gasteiger partial charge in [-0.2, -0.15) is 5.26 Å². The van der Waals surface area contributed by atoms with Gasteiger partial charge >= 0.3 is 0 Å². The average Bonchev–Trinajstić information content (AvgIpc) is 2.68. The Balaban J connectivity index is 2.37. The molecule has 2 rings (SSSR count). The topological polar surface area (TPSA) is 33.0 Å². The number of nitrogens with zero attached hydrogens (tertiary/aromatic N) is 1. The molecule has 0 amide bonds. The number of aryl methyl sites for hydroxylation is 1. The van der Waals surface area contributed by atoms with Gasteiger partial charge in [-0.15, -0.1) is 0 Å². The fraction of sp³-hybridized carbons (Fsp3) is 0.417. The van der Waals surface area contributed by atoms with E-state index in [9.17, 15) is 5.26 Å². The van der Waals surface area contributed by atoms with Gasteiger partial charge in [0.15, 0.2) is 0 Å². The third kappa shape index (κ3) is 1.40. The van der Waals surface area contributed by atoms with Crippen LogP contribution in [0.5, 0.6) is 0 Å². The van der Waals surface area contributed by atoms with E-state index in [0.29, 0.717) is 13.2 Å². The fourth-order valence-corrected chi connectivity index (χ4v) is 1.82. The number of ether oxygens (including phenoxy) is 1. The summed E-state index contributed by atoms with van der Waals surface area (Å²) < 4.78 is 5.31. The van der Waals surface area contributed by atoms with Gasteiger partial charge < -0.3 is 4.74 Å². The van der Waals surface area contributed by atoms with Crippen LogP contribution in [0, 0.1) is 18.3 Å². The van der Waals surface area contributed by atoms with E-state index >= 15 is 0 Å². The predicted octanol–water partition coefficient (Wildman–Crippen LogP) is 2.18. The molecular formula is C12H13NO. The van der Waals surface area contributed by atoms with E-state index in [1.54, 1.807) is 0 Å². The van der Waals surface area contributed by atoms with Crippen molar-refractivity contribution in [3.8, 4) is 6.07 Å². The molecule has 1 saturated heterocycles. The first kappa shape index (κ1) is 9.23. The first-order valence-electron chi connectivity index (χ1n) is 4.83. The second kappa shape index (κ2) is 3.43. The van der Waals surface area contributed by atoms with Crippen LogP contribution < -0.4 is 0 Å². The molecule has 0 aliphatic carbocycles. The zero-order chi connectivity index (χ0) is 10.0. The fourth-order valence-electron chi connectivity index (χ4n) is 1.82. The molecule has 1 aromatic rings. The zero-order valence-electron chi connectivity index (χ0n) is 8.29. The van der Waals surface area contributed by atoms with Crippen LogP contribution >= 0.6 is 0 Å². The van der Waals surface area contributed by atoms with Crippen LogP contribution in [-0.2, 0) is 10.2 Å². The monoisotopic (exact) mass is 187 g/mol. The van der Waals surface area contributed by atoms with Crippen molar-refractivity contribution < 1.29 is 4.74 Å². The summed E-state index contributed by atoms with van der Waals surface area (Å²) in [4.78, 5) is 0. The minimum Gasteiger partial charge on any atom is -0.379 e. The molecule has 1 fully saturated rings. The van der Waals surface area contributed by atoms with Crippen molar-refractivity contribution >= 4 is 0 Å². The minimum absolute atomic E-state index is 0.395. The maximum atomic E-state index is 9.21. The summed E-state index contributed by atoms with van der Waals surface area (Å²) in [6.45, 7) is 3.28. The van der Waals surface area contributed by atoms with Crippen LogP contribution in [0.1, 0.15) is 17.5 Å². The highest BCUT2D eigenvalue weighted by molar-refractivity contribution is 5.35. The zero-order valence-corrected chi connectivity index (χ0v) is 8.29. The molecule has 0 spiro atoms. The summed E-state index contributed by atoms with van der Waals surface area (Å²) in [6.07, 6.45) is 0.812. The van der Waals surface area contributed by atoms with E-state index in [2.05, 4.69) is 6.07 Å². The second-order valence-corrected chi connectivity index (χ2v) is 3.86. The van der Waals surface area contributed by atoms with Crippen molar-refractivity contribution in [3.05, 3.63) is 35.4 Å². The van der Waals surface area contributed by atoms with Crippen molar-refractivity contribution in [2.45, 2.75) is 18.8 Å². The molecule has 14 heavy (non-hydrogen) atoms. The van der Waals surface area contributed by atoms with Gasteiger partial charge in [-0.25, -0.2) is 0 Å². The average molecular weight is 187 g/mol. The van der Waals surface area contributed by atoms with Gasteiger partial charge in [0.05, 0.1) is 12.7 Å². The molecule has 1 aliphatic rings. The Kier molecular flexibility index (Phi) is 2.26. The Morgan fingerprint density at radius 3 is 2.57 bits per heavy atom. The third-order valence-electron chi connectivity index (χ3n) is 2.84. The van der Waals surface area contributed by atoms with E-state index < -0.39 is 5.41 Å². The summed E-state index contributed by atoms with van der Waals surface area (Å²) in [6, 6.07) is 10.6. The van der Waals surface area contributed by atoms with Crippen molar-refractivity contribution in [2.75, 3.05) is 13.2 Å². The van der Waals surface area contributed by atoms with E-state index in [0.717, 1.165) is 12.0 Å². The Bertz CT molecular complexity index is 355. The lowest BCUT2D eigenvalue weighted by atomic mass is 9.81. The molecule has 0 unspecified atom stereocenters. The van der Waals surface area contributed by atoms with E-state index in [1.165, 1.54) is 5.56 Å². The van der Waals surface area contributed by atoms with Gasteiger partial charge in [0, 0.05) is 6.61 Å². The van der Waals surface area contributed by atoms with Crippen LogP contribution in [0.4, 0.5) is 0 Å². The summed E-state index contributed by atoms with van der Waals surface area (Å²) in [5.41, 5.74) is 1.91. The second-order valence-electron chi connectivity index (χ2n) is 3.86. The first-order valence-corrected chi connectivity index (χ1v) is 4.83. The Morgan fingerprint density at radius 2 is 2.07 bits per heavy atom. The van der Waals surface area contributed by atoms with Gasteiger partial charge in [-0.3, -0.25) is 0 Å². The predicted molar refractivity (Wildman–Crippen MR) is 53.9 cm³/mol. The number of hydrogen-bond acceptors (Lipinski definition) is 2. The van der Waals surface area contributed by atoms with Crippen molar-refractivity contribution in [1.82, 2.24) is 0 Å². The maximum absolute atomic E-state index is 9.21. The van der Waals surface area contributed by atoms with Crippen LogP contribution in [0.3, 0.4) is 0 Å². The summed E-state index contributed by atoms with van der Waals surface area (Å²) in [5.74, 6) is 0. The minimum atomic E-state index is -0.395. The number of benzene rings is 1. The van der Waals surface area contributed by atoms with E-state index in [4.69, 9.17) is 4.74 Å². The van der Waals surface area contributed by atoms with Gasteiger partial charge in [0.2, 0.25) is 0 Å². The molecule has 1 aromatic carbocycles. The lowest BCUT2D eigenvalue weighted by Crippen LogP contribution is -2.23. The van der Waals surface area contributed by atoms with Crippen LogP contribution in [0.2, 0.25) is 0 Å². The Morgan fingerprint density at radius 1 is 1.36 bits per heavy atom. The number of rotatable bonds is 1. The van der Waals surface area contributed by atoms with Gasteiger partial charge in [0.25, 0.3) is 0 Å². The van der Waals surface area contributed by atoms with E-state index in [1.807, 2.05) is 31.2 Å². The third-order valence-corrected chi connectivity index (χ3v) is 2.84. The van der Waals surface area contributed by atoms with Crippen LogP contribution in [-0.4, -0.2) is 13.2 Å². The molecule has 0 radical (unpaired) electrons. The first-order chi connectivity index (χ1) is 6.77. The molecular weight excluding hydrogens is 174 g/mol. The molecule has 0 bridgehead atoms. The largest absolute Gasteiger partial charge is 0.379 e. The molecule has 1 aliphatic heterocycles. The molecule has 0 saturated carbocycles. The molecule has 0 aromatic heterocycles. The van der Waals surface area contributed by atoms with Gasteiger partial charge in [-0.1, -0.05) is 29.8 Å². The molecule has 72 valence electrons. The summed E-state index contributed by atoms with van der Waals surface area (Å²) in [5, 5.41) is 9.21. The number of hydrogen-bond donors (Lipinski definition) is 0. The Hall–Kier alpha value is -1.33. The summed E-state index contributed by atoms with van der Waals surface area (Å²) >= 11 is 0. The maximum Gasteiger partial charge on any atom is 0.108 e. The van der Waals surface area contributed by atoms with Crippen molar-refractivity contribution in [2.24, 2.45) is 0 Å². The van der Waals surface area contributed by atoms with Crippen LogP contribution in [0.15, 0.2) is 24.3 Å². The molecule has 2 heteroatoms. The highest BCUT2D eigenvalue weighted by Crippen LogP contribution is 2.32. The van der Waals surface area contributed by atoms with Crippen LogP contribution in [0.25, 0.3) is 0 Å². The standard InChI is InChI=1S/C12H13NO/c1-10-2-4-11(5-3-10)12(8-13)6-7-14-9-12/h2-5H,6-7,9H2,1H3/t12-/m0/s1. The molecule has 2 nitrogen and oxygen atoms in total. The SMILES string of the molecule is Cc1ccc([C@]2(C#N)CCOC2)cc1. The van der Waals surface area contributed by atoms with Crippen molar-refractivity contribution in [3.63, 3.8) is 0 Å². The molecule has 1 heterocycles. The summed E-state index contributed by atoms with van der Waals surface area (Å²) in [7, 11) is 0. The van der Waals surface area contributed by atoms with Crippen molar-refractivity contribution in [1.29, 1.82) is 5.26 Å². The van der Waals surface area contributed by atoms with E-state index in [-0.39, 0.29) is 0 Å². The Labute approximate surface area is 84.1 Å². The number of nitriles is 1. The molecule has 1 atom stereocenters. The highest BCUT2D eigenvalue weighted by atomic mass is 16.5.